The van der Waals surface area contributed by atoms with Gasteiger partial charge in [0.1, 0.15) is 12.1 Å². The number of carbonyl (C=O) groups is 4. The lowest BCUT2D eigenvalue weighted by Crippen LogP contribution is -2.51. The Bertz CT molecular complexity index is 1010. The molecule has 0 spiro atoms. The van der Waals surface area contributed by atoms with E-state index in [9.17, 15) is 19.2 Å². The second kappa shape index (κ2) is 22.5. The van der Waals surface area contributed by atoms with E-state index in [1.807, 2.05) is 60.7 Å². The largest absolute Gasteiger partial charge is 0.354 e. The predicted octanol–water partition coefficient (Wildman–Crippen LogP) is 4.20. The zero-order chi connectivity index (χ0) is 31.8. The third-order valence-corrected chi connectivity index (χ3v) is 7.14. The molecule has 2 rings (SSSR count). The van der Waals surface area contributed by atoms with Crippen LogP contribution in [0.15, 0.2) is 60.7 Å². The predicted molar refractivity (Wildman–Crippen MR) is 175 cm³/mol. The van der Waals surface area contributed by atoms with E-state index in [4.69, 9.17) is 0 Å². The molecule has 0 saturated carbocycles. The van der Waals surface area contributed by atoms with E-state index in [1.165, 1.54) is 0 Å². The van der Waals surface area contributed by atoms with E-state index >= 15 is 0 Å². The Morgan fingerprint density at radius 3 is 1.23 bits per heavy atom. The van der Waals surface area contributed by atoms with Gasteiger partial charge in [-0.05, 0) is 36.8 Å². The molecule has 242 valence electrons. The zero-order valence-corrected chi connectivity index (χ0v) is 26.5. The van der Waals surface area contributed by atoms with Crippen LogP contribution in [0.2, 0.25) is 0 Å². The lowest BCUT2D eigenvalue weighted by molar-refractivity contribution is -0.123. The Balaban J connectivity index is 1.72. The molecule has 6 N–H and O–H groups in total. The highest BCUT2D eigenvalue weighted by Crippen LogP contribution is 2.06. The molecule has 0 unspecified atom stereocenters. The zero-order valence-electron chi connectivity index (χ0n) is 26.5. The van der Waals surface area contributed by atoms with E-state index in [-0.39, 0.29) is 23.9 Å². The Hall–Kier alpha value is -4.08. The maximum Gasteiger partial charge on any atom is 0.315 e. The summed E-state index contributed by atoms with van der Waals surface area (Å²) in [7, 11) is 0. The summed E-state index contributed by atoms with van der Waals surface area (Å²) < 4.78 is 0. The van der Waals surface area contributed by atoms with Crippen molar-refractivity contribution in [2.45, 2.75) is 90.1 Å². The molecule has 2 aromatic carbocycles. The molecule has 44 heavy (non-hydrogen) atoms. The van der Waals surface area contributed by atoms with E-state index < -0.39 is 12.1 Å². The average molecular weight is 609 g/mol. The normalized spacial score (nSPS) is 12.0. The molecule has 0 fully saturated rings. The van der Waals surface area contributed by atoms with Crippen molar-refractivity contribution in [3.8, 4) is 0 Å². The lowest BCUT2D eigenvalue weighted by Gasteiger charge is -2.19. The first-order chi connectivity index (χ1) is 21.4. The molecule has 2 aromatic rings. The van der Waals surface area contributed by atoms with Crippen LogP contribution in [0, 0.1) is 0 Å². The van der Waals surface area contributed by atoms with Crippen molar-refractivity contribution in [2.24, 2.45) is 0 Å². The number of hydrogen-bond acceptors (Lipinski definition) is 4. The summed E-state index contributed by atoms with van der Waals surface area (Å²) in [5, 5.41) is 17.2. The molecule has 0 radical (unpaired) electrons. The standard InChI is InChI=1S/C34H52N6O4/c1-3-5-21-37-33(43)39-29(25-27-17-11-9-12-18-27)31(41)35-23-15-7-8-16-24-36-32(42)30(26-28-19-13-10-14-20-28)40-34(44)38-22-6-4-2/h9-14,17-20,29-30H,3-8,15-16,21-26H2,1-2H3,(H,35,41)(H,36,42)(H2,37,39,43)(H2,38,40,44)/t29-,30-/m0/s1. The smallest absolute Gasteiger partial charge is 0.315 e. The first-order valence-corrected chi connectivity index (χ1v) is 16.1. The van der Waals surface area contributed by atoms with E-state index in [1.54, 1.807) is 0 Å². The molecule has 0 aliphatic carbocycles. The first-order valence-electron chi connectivity index (χ1n) is 16.1. The first kappa shape index (κ1) is 36.1. The Morgan fingerprint density at radius 2 is 0.864 bits per heavy atom. The minimum Gasteiger partial charge on any atom is -0.354 e. The van der Waals surface area contributed by atoms with Crippen LogP contribution in [0.25, 0.3) is 0 Å². The quantitative estimate of drug-likeness (QED) is 0.118. The molecule has 0 saturated heterocycles. The Morgan fingerprint density at radius 1 is 0.500 bits per heavy atom. The highest BCUT2D eigenvalue weighted by Gasteiger charge is 2.22. The highest BCUT2D eigenvalue weighted by atomic mass is 16.2. The van der Waals surface area contributed by atoms with Gasteiger partial charge >= 0.3 is 12.1 Å². The fraction of sp³-hybridized carbons (Fsp3) is 0.529. The van der Waals surface area contributed by atoms with Crippen molar-refractivity contribution in [1.29, 1.82) is 0 Å². The van der Waals surface area contributed by atoms with Crippen LogP contribution in [-0.2, 0) is 22.4 Å². The second-order valence-corrected chi connectivity index (χ2v) is 11.0. The van der Waals surface area contributed by atoms with Gasteiger partial charge in [-0.25, -0.2) is 9.59 Å². The lowest BCUT2D eigenvalue weighted by atomic mass is 10.1. The third kappa shape index (κ3) is 16.0. The molecular weight excluding hydrogens is 556 g/mol. The van der Waals surface area contributed by atoms with Crippen molar-refractivity contribution < 1.29 is 19.2 Å². The fourth-order valence-corrected chi connectivity index (χ4v) is 4.57. The van der Waals surface area contributed by atoms with Crippen molar-refractivity contribution in [3.05, 3.63) is 71.8 Å². The minimum atomic E-state index is -0.666. The van der Waals surface area contributed by atoms with Crippen molar-refractivity contribution in [1.82, 2.24) is 31.9 Å². The summed E-state index contributed by atoms with van der Waals surface area (Å²) in [5.74, 6) is -0.412. The van der Waals surface area contributed by atoms with Crippen LogP contribution in [0.4, 0.5) is 9.59 Å². The van der Waals surface area contributed by atoms with Gasteiger partial charge in [-0.1, -0.05) is 100 Å². The van der Waals surface area contributed by atoms with Crippen LogP contribution >= 0.6 is 0 Å². The summed E-state index contributed by atoms with van der Waals surface area (Å²) in [6, 6.07) is 17.3. The number of unbranched alkanes of at least 4 members (excludes halogenated alkanes) is 5. The van der Waals surface area contributed by atoms with Gasteiger partial charge < -0.3 is 31.9 Å². The van der Waals surface area contributed by atoms with Gasteiger partial charge in [0.2, 0.25) is 11.8 Å². The Labute approximate surface area is 262 Å². The summed E-state index contributed by atoms with van der Waals surface area (Å²) >= 11 is 0. The molecule has 0 aliphatic heterocycles. The SMILES string of the molecule is CCCCNC(=O)N[C@@H](Cc1ccccc1)C(=O)NCCCCCCNC(=O)[C@H](Cc1ccccc1)NC(=O)NCCCC. The van der Waals surface area contributed by atoms with Crippen LogP contribution in [0.5, 0.6) is 0 Å². The minimum absolute atomic E-state index is 0.206. The van der Waals surface area contributed by atoms with Gasteiger partial charge in [0.25, 0.3) is 0 Å². The van der Waals surface area contributed by atoms with Gasteiger partial charge in [-0.15, -0.1) is 0 Å². The summed E-state index contributed by atoms with van der Waals surface area (Å²) in [6.07, 6.45) is 7.89. The summed E-state index contributed by atoms with van der Waals surface area (Å²) in [4.78, 5) is 50.5. The summed E-state index contributed by atoms with van der Waals surface area (Å²) in [5.41, 5.74) is 1.95. The molecule has 10 nitrogen and oxygen atoms in total. The topological polar surface area (TPSA) is 140 Å². The van der Waals surface area contributed by atoms with Crippen molar-refractivity contribution >= 4 is 23.9 Å². The van der Waals surface area contributed by atoms with Gasteiger partial charge in [-0.3, -0.25) is 9.59 Å². The van der Waals surface area contributed by atoms with Crippen molar-refractivity contribution in [3.63, 3.8) is 0 Å². The number of rotatable bonds is 21. The van der Waals surface area contributed by atoms with Crippen LogP contribution < -0.4 is 31.9 Å². The molecule has 2 atom stereocenters. The van der Waals surface area contributed by atoms with Gasteiger partial charge in [0, 0.05) is 39.0 Å². The van der Waals surface area contributed by atoms with Crippen LogP contribution in [0.1, 0.15) is 76.3 Å². The maximum absolute atomic E-state index is 12.9. The molecule has 0 heterocycles. The number of hydrogen-bond donors (Lipinski definition) is 6. The molecular formula is C34H52N6O4. The molecule has 6 amide bonds. The highest BCUT2D eigenvalue weighted by molar-refractivity contribution is 5.88. The van der Waals surface area contributed by atoms with Crippen molar-refractivity contribution in [2.75, 3.05) is 26.2 Å². The van der Waals surface area contributed by atoms with Gasteiger partial charge in [0.15, 0.2) is 0 Å². The van der Waals surface area contributed by atoms with E-state index in [0.717, 1.165) is 62.5 Å². The number of urea groups is 2. The monoisotopic (exact) mass is 608 g/mol. The van der Waals surface area contributed by atoms with E-state index in [0.29, 0.717) is 39.0 Å². The molecule has 0 aromatic heterocycles. The molecule has 0 bridgehead atoms. The van der Waals surface area contributed by atoms with E-state index in [2.05, 4.69) is 45.7 Å². The number of carbonyl (C=O) groups excluding carboxylic acids is 4. The van der Waals surface area contributed by atoms with Crippen LogP contribution in [-0.4, -0.2) is 62.1 Å². The average Bonchev–Trinajstić information content (AvgIpc) is 3.02. The molecule has 10 heteroatoms. The van der Waals surface area contributed by atoms with Crippen LogP contribution in [0.3, 0.4) is 0 Å². The second-order valence-electron chi connectivity index (χ2n) is 11.0. The number of nitrogens with one attached hydrogen (secondary N) is 6. The fourth-order valence-electron chi connectivity index (χ4n) is 4.57. The van der Waals surface area contributed by atoms with Gasteiger partial charge in [0.05, 0.1) is 0 Å². The Kier molecular flexibility index (Phi) is 18.4. The number of benzene rings is 2. The summed E-state index contributed by atoms with van der Waals surface area (Å²) in [6.45, 7) is 6.26. The third-order valence-electron chi connectivity index (χ3n) is 7.14. The van der Waals surface area contributed by atoms with Gasteiger partial charge in [-0.2, -0.15) is 0 Å². The maximum atomic E-state index is 12.9. The molecule has 0 aliphatic rings. The number of amides is 6.